The predicted molar refractivity (Wildman–Crippen MR) is 52.8 cm³/mol. The highest BCUT2D eigenvalue weighted by atomic mass is 19.4. The third-order valence-electron chi connectivity index (χ3n) is 1.77. The number of alkyl halides is 3. The Kier molecular flexibility index (Phi) is 3.82. The first-order valence-electron chi connectivity index (χ1n) is 4.70. The zero-order valence-corrected chi connectivity index (χ0v) is 8.84. The van der Waals surface area contributed by atoms with Crippen LogP contribution in [-0.2, 0) is 0 Å². The van der Waals surface area contributed by atoms with E-state index < -0.39 is 23.8 Å². The van der Waals surface area contributed by atoms with Crippen molar-refractivity contribution in [3.05, 3.63) is 23.8 Å². The first-order valence-corrected chi connectivity index (χ1v) is 4.70. The van der Waals surface area contributed by atoms with E-state index in [4.69, 9.17) is 5.11 Å². The van der Waals surface area contributed by atoms with Crippen LogP contribution in [0, 0.1) is 0 Å². The van der Waals surface area contributed by atoms with Crippen LogP contribution >= 0.6 is 0 Å². The third-order valence-corrected chi connectivity index (χ3v) is 1.77. The predicted octanol–water partition coefficient (Wildman–Crippen LogP) is 2.04. The Bertz CT molecular complexity index is 418. The van der Waals surface area contributed by atoms with Crippen molar-refractivity contribution in [3.63, 3.8) is 0 Å². The smallest absolute Gasteiger partial charge is 0.508 e. The van der Waals surface area contributed by atoms with Gasteiger partial charge < -0.3 is 15.2 Å². The number of carbonyl (C=O) groups excluding carboxylic acids is 1. The van der Waals surface area contributed by atoms with Crippen molar-refractivity contribution in [1.29, 1.82) is 0 Å². The minimum absolute atomic E-state index is 0.269. The SMILES string of the molecule is CCNC(=O)c1ccc(O)cc1OC(F)(F)F. The van der Waals surface area contributed by atoms with Gasteiger partial charge in [0.1, 0.15) is 11.5 Å². The molecule has 1 amide bonds. The Labute approximate surface area is 95.0 Å². The zero-order chi connectivity index (χ0) is 13.1. The highest BCUT2D eigenvalue weighted by Gasteiger charge is 2.33. The summed E-state index contributed by atoms with van der Waals surface area (Å²) in [5.74, 6) is -1.85. The van der Waals surface area contributed by atoms with E-state index in [1.165, 1.54) is 0 Å². The summed E-state index contributed by atoms with van der Waals surface area (Å²) in [5.41, 5.74) is -0.290. The summed E-state index contributed by atoms with van der Waals surface area (Å²) < 4.78 is 39.9. The number of nitrogens with one attached hydrogen (secondary N) is 1. The third kappa shape index (κ3) is 3.86. The van der Waals surface area contributed by atoms with Crippen LogP contribution in [0.4, 0.5) is 13.2 Å². The van der Waals surface area contributed by atoms with Crippen molar-refractivity contribution in [1.82, 2.24) is 5.32 Å². The molecule has 0 heterocycles. The summed E-state index contributed by atoms with van der Waals surface area (Å²) in [6.07, 6.45) is -4.92. The van der Waals surface area contributed by atoms with Crippen LogP contribution in [0.2, 0.25) is 0 Å². The molecule has 0 saturated heterocycles. The Hall–Kier alpha value is -1.92. The quantitative estimate of drug-likeness (QED) is 0.861. The molecule has 0 saturated carbocycles. The fraction of sp³-hybridized carbons (Fsp3) is 0.300. The molecule has 0 spiro atoms. The molecule has 0 atom stereocenters. The fourth-order valence-electron chi connectivity index (χ4n) is 1.16. The molecule has 0 bridgehead atoms. The van der Waals surface area contributed by atoms with Crippen LogP contribution in [0.1, 0.15) is 17.3 Å². The van der Waals surface area contributed by atoms with Crippen LogP contribution in [0.3, 0.4) is 0 Å². The van der Waals surface area contributed by atoms with Crippen molar-refractivity contribution in [3.8, 4) is 11.5 Å². The Morgan fingerprint density at radius 3 is 2.65 bits per heavy atom. The minimum atomic E-state index is -4.92. The van der Waals surface area contributed by atoms with Crippen molar-refractivity contribution in [2.24, 2.45) is 0 Å². The van der Waals surface area contributed by atoms with Gasteiger partial charge >= 0.3 is 6.36 Å². The van der Waals surface area contributed by atoms with Crippen molar-refractivity contribution >= 4 is 5.91 Å². The number of carbonyl (C=O) groups is 1. The van der Waals surface area contributed by atoms with Gasteiger partial charge in [-0.15, -0.1) is 13.2 Å². The molecule has 4 nitrogen and oxygen atoms in total. The topological polar surface area (TPSA) is 58.6 Å². The largest absolute Gasteiger partial charge is 0.573 e. The molecule has 0 aliphatic heterocycles. The van der Waals surface area contributed by atoms with E-state index in [1.54, 1.807) is 6.92 Å². The van der Waals surface area contributed by atoms with E-state index in [0.717, 1.165) is 18.2 Å². The maximum absolute atomic E-state index is 12.1. The average Bonchev–Trinajstić information content (AvgIpc) is 2.15. The second kappa shape index (κ2) is 4.94. The van der Waals surface area contributed by atoms with Gasteiger partial charge in [0.25, 0.3) is 5.91 Å². The van der Waals surface area contributed by atoms with E-state index in [-0.39, 0.29) is 12.1 Å². The number of halogens is 3. The van der Waals surface area contributed by atoms with Crippen LogP contribution in [-0.4, -0.2) is 23.9 Å². The van der Waals surface area contributed by atoms with E-state index in [1.807, 2.05) is 0 Å². The molecule has 0 aliphatic rings. The lowest BCUT2D eigenvalue weighted by molar-refractivity contribution is -0.274. The minimum Gasteiger partial charge on any atom is -0.508 e. The highest BCUT2D eigenvalue weighted by Crippen LogP contribution is 2.29. The highest BCUT2D eigenvalue weighted by molar-refractivity contribution is 5.97. The molecule has 1 aromatic carbocycles. The van der Waals surface area contributed by atoms with Gasteiger partial charge in [-0.05, 0) is 19.1 Å². The zero-order valence-electron chi connectivity index (χ0n) is 8.84. The number of phenolic OH excluding ortho intramolecular Hbond substituents is 1. The van der Waals surface area contributed by atoms with Gasteiger partial charge in [0.2, 0.25) is 0 Å². The lowest BCUT2D eigenvalue weighted by atomic mass is 10.2. The summed E-state index contributed by atoms with van der Waals surface area (Å²) in [6, 6.07) is 2.90. The summed E-state index contributed by atoms with van der Waals surface area (Å²) in [6.45, 7) is 1.90. The Morgan fingerprint density at radius 2 is 2.12 bits per heavy atom. The molecule has 0 fully saturated rings. The number of benzene rings is 1. The van der Waals surface area contributed by atoms with Gasteiger partial charge in [-0.25, -0.2) is 0 Å². The maximum atomic E-state index is 12.1. The molecule has 1 aromatic rings. The molecule has 0 radical (unpaired) electrons. The van der Waals surface area contributed by atoms with Crippen molar-refractivity contribution in [2.45, 2.75) is 13.3 Å². The average molecular weight is 249 g/mol. The van der Waals surface area contributed by atoms with Crippen LogP contribution in [0.25, 0.3) is 0 Å². The van der Waals surface area contributed by atoms with E-state index in [0.29, 0.717) is 0 Å². The van der Waals surface area contributed by atoms with Crippen molar-refractivity contribution < 1.29 is 27.8 Å². The van der Waals surface area contributed by atoms with Crippen LogP contribution < -0.4 is 10.1 Å². The molecule has 17 heavy (non-hydrogen) atoms. The molecule has 0 unspecified atom stereocenters. The van der Waals surface area contributed by atoms with Gasteiger partial charge in [-0.3, -0.25) is 4.79 Å². The summed E-state index contributed by atoms with van der Waals surface area (Å²) in [7, 11) is 0. The summed E-state index contributed by atoms with van der Waals surface area (Å²) in [5, 5.41) is 11.4. The first-order chi connectivity index (χ1) is 7.83. The lowest BCUT2D eigenvalue weighted by Gasteiger charge is -2.13. The lowest BCUT2D eigenvalue weighted by Crippen LogP contribution is -2.25. The van der Waals surface area contributed by atoms with E-state index >= 15 is 0 Å². The van der Waals surface area contributed by atoms with Gasteiger partial charge in [0.15, 0.2) is 0 Å². The molecule has 2 N–H and O–H groups in total. The van der Waals surface area contributed by atoms with Gasteiger partial charge in [0.05, 0.1) is 5.56 Å². The number of phenols is 1. The van der Waals surface area contributed by atoms with Crippen LogP contribution in [0.15, 0.2) is 18.2 Å². The molecular weight excluding hydrogens is 239 g/mol. The van der Waals surface area contributed by atoms with Gasteiger partial charge in [-0.1, -0.05) is 0 Å². The molecule has 7 heteroatoms. The number of aromatic hydroxyl groups is 1. The van der Waals surface area contributed by atoms with E-state index in [9.17, 15) is 18.0 Å². The Morgan fingerprint density at radius 1 is 1.47 bits per heavy atom. The second-order valence-corrected chi connectivity index (χ2v) is 3.09. The summed E-state index contributed by atoms with van der Waals surface area (Å²) in [4.78, 5) is 11.4. The monoisotopic (exact) mass is 249 g/mol. The number of amides is 1. The molecule has 0 aromatic heterocycles. The number of rotatable bonds is 3. The first kappa shape index (κ1) is 13.1. The molecule has 0 aliphatic carbocycles. The number of ether oxygens (including phenoxy) is 1. The molecule has 1 rings (SSSR count). The number of hydrogen-bond acceptors (Lipinski definition) is 3. The molecule has 94 valence electrons. The molecular formula is C10H10F3NO3. The maximum Gasteiger partial charge on any atom is 0.573 e. The standard InChI is InChI=1S/C10H10F3NO3/c1-2-14-9(16)7-4-3-6(15)5-8(7)17-10(11,12)13/h3-5,15H,2H2,1H3,(H,14,16). The normalized spacial score (nSPS) is 11.1. The fourth-order valence-corrected chi connectivity index (χ4v) is 1.16. The number of hydrogen-bond donors (Lipinski definition) is 2. The van der Waals surface area contributed by atoms with Gasteiger partial charge in [0, 0.05) is 12.6 Å². The van der Waals surface area contributed by atoms with Gasteiger partial charge in [-0.2, -0.15) is 0 Å². The van der Waals surface area contributed by atoms with Crippen molar-refractivity contribution in [2.75, 3.05) is 6.54 Å². The second-order valence-electron chi connectivity index (χ2n) is 3.09. The Balaban J connectivity index is 3.08. The van der Waals surface area contributed by atoms with E-state index in [2.05, 4.69) is 10.1 Å². The van der Waals surface area contributed by atoms with Crippen LogP contribution in [0.5, 0.6) is 11.5 Å². The summed E-state index contributed by atoms with van der Waals surface area (Å²) >= 11 is 0.